The van der Waals surface area contributed by atoms with Gasteiger partial charge in [0.15, 0.2) is 0 Å². The summed E-state index contributed by atoms with van der Waals surface area (Å²) in [5, 5.41) is 7.33. The minimum atomic E-state index is -0.278. The second-order valence-electron chi connectivity index (χ2n) is 0.120. The van der Waals surface area contributed by atoms with Crippen molar-refractivity contribution < 1.29 is 5.11 Å². The van der Waals surface area contributed by atoms with E-state index in [1.54, 1.807) is 0 Å². The Morgan fingerprint density at radius 1 is 1.75 bits per heavy atom. The molecule has 0 spiro atoms. The number of aliphatic hydroxyl groups is 1. The van der Waals surface area contributed by atoms with Crippen molar-refractivity contribution in [3.8, 4) is 0 Å². The quantitative estimate of drug-likeness (QED) is 0.323. The summed E-state index contributed by atoms with van der Waals surface area (Å²) in [5.41, 5.74) is 0. The third-order valence-electron chi connectivity index (χ3n) is 0. The maximum Gasteiger partial charge on any atom is 0.117 e. The second-order valence-corrected chi connectivity index (χ2v) is 0.359. The van der Waals surface area contributed by atoms with Gasteiger partial charge in [-0.1, -0.05) is 11.6 Å². The summed E-state index contributed by atoms with van der Waals surface area (Å²) in [5.74, 6) is 0. The molecule has 0 rings (SSSR count). The van der Waals surface area contributed by atoms with Gasteiger partial charge in [-0.2, -0.15) is 0 Å². The first-order valence-corrected chi connectivity index (χ1v) is 1.12. The largest absolute Gasteiger partial charge is 0.381 e. The Morgan fingerprint density at radius 3 is 1.75 bits per heavy atom. The van der Waals surface area contributed by atoms with Crippen LogP contribution in [0.25, 0.3) is 0 Å². The van der Waals surface area contributed by atoms with Crippen LogP contribution in [0.3, 0.4) is 0 Å². The van der Waals surface area contributed by atoms with Gasteiger partial charge in [-0.3, -0.25) is 0 Å². The van der Waals surface area contributed by atoms with E-state index in [2.05, 4.69) is 11.6 Å². The van der Waals surface area contributed by atoms with Gasteiger partial charge in [-0.25, -0.2) is 0 Å². The van der Waals surface area contributed by atoms with Crippen molar-refractivity contribution in [1.82, 2.24) is 0 Å². The molecule has 0 aliphatic carbocycles. The van der Waals surface area contributed by atoms with E-state index in [0.717, 1.165) is 0 Å². The average molecular weight is 90.8 g/mol. The summed E-state index contributed by atoms with van der Waals surface area (Å²) in [4.78, 5) is 0. The van der Waals surface area contributed by atoms with Gasteiger partial charge < -0.3 is 5.11 Å². The van der Waals surface area contributed by atoms with Gasteiger partial charge in [0.05, 0.1) is 0 Å². The van der Waals surface area contributed by atoms with Crippen molar-refractivity contribution in [3.63, 3.8) is 0 Å². The number of halogens is 1. The molecular formula is CH3ClMgO. The zero-order chi connectivity index (χ0) is 2.71. The van der Waals surface area contributed by atoms with E-state index in [-0.39, 0.29) is 29.1 Å². The highest BCUT2D eigenvalue weighted by Gasteiger charge is 1.37. The van der Waals surface area contributed by atoms with E-state index in [1.807, 2.05) is 0 Å². The molecule has 2 radical (unpaired) electrons. The molecule has 0 amide bonds. The van der Waals surface area contributed by atoms with Gasteiger partial charge in [0, 0.05) is 23.1 Å². The predicted octanol–water partition coefficient (Wildman–Crippen LogP) is -0.206. The van der Waals surface area contributed by atoms with Gasteiger partial charge in [0.2, 0.25) is 0 Å². The third-order valence-corrected chi connectivity index (χ3v) is 0. The highest BCUT2D eigenvalue weighted by Crippen LogP contribution is 1.53. The summed E-state index contributed by atoms with van der Waals surface area (Å²) in [7, 11) is 0. The predicted molar refractivity (Wildman–Crippen MR) is 18.7 cm³/mol. The van der Waals surface area contributed by atoms with Gasteiger partial charge in [-0.15, -0.1) is 0 Å². The van der Waals surface area contributed by atoms with Crippen molar-refractivity contribution in [2.24, 2.45) is 0 Å². The molecule has 0 heterocycles. The molecule has 0 bridgehead atoms. The van der Waals surface area contributed by atoms with Crippen molar-refractivity contribution in [2.75, 3.05) is 6.07 Å². The number of hydrogen-bond donors (Lipinski definition) is 1. The molecule has 0 aliphatic rings. The maximum atomic E-state index is 7.33. The van der Waals surface area contributed by atoms with E-state index < -0.39 is 0 Å². The number of rotatable bonds is 0. The lowest BCUT2D eigenvalue weighted by molar-refractivity contribution is 0.370. The van der Waals surface area contributed by atoms with Crippen molar-refractivity contribution in [3.05, 3.63) is 0 Å². The molecular weight excluding hydrogens is 87.8 g/mol. The molecule has 1 nitrogen and oxygen atoms in total. The zero-order valence-corrected chi connectivity index (χ0v) is 4.41. The molecule has 0 aromatic rings. The van der Waals surface area contributed by atoms with Crippen LogP contribution in [-0.4, -0.2) is 34.2 Å². The Labute approximate surface area is 46.1 Å². The molecule has 0 atom stereocenters. The molecule has 1 N–H and O–H groups in total. The van der Waals surface area contributed by atoms with Crippen LogP contribution in [0.5, 0.6) is 0 Å². The molecule has 0 saturated heterocycles. The summed E-state index contributed by atoms with van der Waals surface area (Å²) in [6.07, 6.45) is 0. The van der Waals surface area contributed by atoms with Gasteiger partial charge in [0.25, 0.3) is 0 Å². The highest BCUT2D eigenvalue weighted by molar-refractivity contribution is 6.16. The lowest BCUT2D eigenvalue weighted by atomic mass is 11.7. The van der Waals surface area contributed by atoms with Crippen LogP contribution in [0.4, 0.5) is 0 Å². The third kappa shape index (κ3) is 11.9. The molecule has 4 heavy (non-hydrogen) atoms. The minimum absolute atomic E-state index is 0. The topological polar surface area (TPSA) is 20.2 Å². The zero-order valence-electron chi connectivity index (χ0n) is 2.24. The molecule has 3 heteroatoms. The van der Waals surface area contributed by atoms with Crippen LogP contribution in [0.2, 0.25) is 0 Å². The first-order chi connectivity index (χ1) is 1.41. The first kappa shape index (κ1) is 8.89. The van der Waals surface area contributed by atoms with E-state index in [1.165, 1.54) is 0 Å². The molecule has 0 saturated carbocycles. The molecule has 22 valence electrons. The lowest BCUT2D eigenvalue weighted by Gasteiger charge is -1.49. The standard InChI is InChI=1S/CH3ClO.Mg/c2-1-3;/h3H,1H2;. The van der Waals surface area contributed by atoms with Gasteiger partial charge >= 0.3 is 0 Å². The van der Waals surface area contributed by atoms with Crippen LogP contribution >= 0.6 is 11.6 Å². The first-order valence-electron chi connectivity index (χ1n) is 0.583. The summed E-state index contributed by atoms with van der Waals surface area (Å²) in [6, 6.07) is -0.278. The number of alkyl halides is 1. The van der Waals surface area contributed by atoms with E-state index in [4.69, 9.17) is 5.11 Å². The van der Waals surface area contributed by atoms with Gasteiger partial charge in [-0.05, 0) is 0 Å². The number of aliphatic hydroxyl groups excluding tert-OH is 1. The van der Waals surface area contributed by atoms with Crippen molar-refractivity contribution in [1.29, 1.82) is 0 Å². The smallest absolute Gasteiger partial charge is 0.117 e. The van der Waals surface area contributed by atoms with E-state index >= 15 is 0 Å². The molecule has 0 fully saturated rings. The maximum absolute atomic E-state index is 7.33. The second kappa shape index (κ2) is 8.99. The van der Waals surface area contributed by atoms with Crippen LogP contribution < -0.4 is 0 Å². The normalized spacial score (nSPS) is 4.50. The monoisotopic (exact) mass is 90.0 g/mol. The van der Waals surface area contributed by atoms with Crippen LogP contribution in [0, 0.1) is 0 Å². The molecule has 0 aromatic heterocycles. The van der Waals surface area contributed by atoms with Crippen LogP contribution in [-0.2, 0) is 0 Å². The van der Waals surface area contributed by atoms with E-state index in [0.29, 0.717) is 0 Å². The van der Waals surface area contributed by atoms with Crippen molar-refractivity contribution >= 4 is 34.7 Å². The van der Waals surface area contributed by atoms with Crippen LogP contribution in [0.15, 0.2) is 0 Å². The fourth-order valence-corrected chi connectivity index (χ4v) is 0. The Kier molecular flexibility index (Phi) is 20.0. The Hall–Kier alpha value is 1.02. The SMILES string of the molecule is OCCl.[Mg]. The number of hydrogen-bond acceptors (Lipinski definition) is 1. The minimum Gasteiger partial charge on any atom is -0.381 e. The Balaban J connectivity index is 0. The molecule has 0 aliphatic heterocycles. The average Bonchev–Trinajstić information content (AvgIpc) is 0.918. The summed E-state index contributed by atoms with van der Waals surface area (Å²) >= 11 is 4.55. The Bertz CT molecular complexity index is 8.00. The fraction of sp³-hybridized carbons (Fsp3) is 1.00. The lowest BCUT2D eigenvalue weighted by Crippen LogP contribution is -1.49. The Morgan fingerprint density at radius 2 is 1.75 bits per heavy atom. The summed E-state index contributed by atoms with van der Waals surface area (Å²) in [6.45, 7) is 0. The fourth-order valence-electron chi connectivity index (χ4n) is 0. The summed E-state index contributed by atoms with van der Waals surface area (Å²) < 4.78 is 0. The van der Waals surface area contributed by atoms with Crippen molar-refractivity contribution in [2.45, 2.75) is 0 Å². The highest BCUT2D eigenvalue weighted by atomic mass is 35.5. The van der Waals surface area contributed by atoms with E-state index in [9.17, 15) is 0 Å². The molecule has 0 unspecified atom stereocenters. The molecule has 0 aromatic carbocycles. The van der Waals surface area contributed by atoms with Crippen LogP contribution in [0.1, 0.15) is 0 Å². The van der Waals surface area contributed by atoms with Gasteiger partial charge in [0.1, 0.15) is 6.07 Å².